The molecular formula is C16H25N. The molecule has 1 aliphatic rings. The maximum absolute atomic E-state index is 6.47. The summed E-state index contributed by atoms with van der Waals surface area (Å²) in [5.74, 6) is 1.53. The lowest BCUT2D eigenvalue weighted by Crippen LogP contribution is -2.26. The van der Waals surface area contributed by atoms with Gasteiger partial charge in [0.15, 0.2) is 0 Å². The van der Waals surface area contributed by atoms with Crippen molar-refractivity contribution in [1.29, 1.82) is 0 Å². The Morgan fingerprint density at radius 2 is 1.76 bits per heavy atom. The second-order valence-corrected chi connectivity index (χ2v) is 5.98. The number of aryl methyl sites for hydroxylation is 2. The molecule has 0 aromatic heterocycles. The number of nitrogens with two attached hydrogens (primary N) is 1. The van der Waals surface area contributed by atoms with Gasteiger partial charge in [0.1, 0.15) is 0 Å². The van der Waals surface area contributed by atoms with Crippen molar-refractivity contribution in [2.24, 2.45) is 17.6 Å². The van der Waals surface area contributed by atoms with Gasteiger partial charge in [0.25, 0.3) is 0 Å². The number of benzene rings is 1. The van der Waals surface area contributed by atoms with Crippen molar-refractivity contribution in [2.75, 3.05) is 0 Å². The molecule has 1 nitrogen and oxygen atoms in total. The zero-order chi connectivity index (χ0) is 12.4. The molecule has 1 saturated carbocycles. The average Bonchev–Trinajstić information content (AvgIpc) is 2.26. The van der Waals surface area contributed by atoms with Gasteiger partial charge in [-0.25, -0.2) is 0 Å². The van der Waals surface area contributed by atoms with Crippen molar-refractivity contribution < 1.29 is 0 Å². The fraction of sp³-hybridized carbons (Fsp3) is 0.625. The van der Waals surface area contributed by atoms with E-state index in [4.69, 9.17) is 5.73 Å². The minimum absolute atomic E-state index is 0.233. The van der Waals surface area contributed by atoms with Crippen molar-refractivity contribution in [1.82, 2.24) is 0 Å². The molecule has 2 rings (SSSR count). The maximum Gasteiger partial charge on any atom is 0.0323 e. The van der Waals surface area contributed by atoms with Gasteiger partial charge in [0.05, 0.1) is 0 Å². The van der Waals surface area contributed by atoms with Crippen LogP contribution in [0, 0.1) is 25.7 Å². The summed E-state index contributed by atoms with van der Waals surface area (Å²) in [6.07, 6.45) is 5.34. The topological polar surface area (TPSA) is 26.0 Å². The first-order valence-electron chi connectivity index (χ1n) is 6.90. The van der Waals surface area contributed by atoms with Crippen LogP contribution >= 0.6 is 0 Å². The number of rotatable bonds is 2. The highest BCUT2D eigenvalue weighted by Gasteiger charge is 2.25. The maximum atomic E-state index is 6.47. The fourth-order valence-corrected chi connectivity index (χ4v) is 3.28. The van der Waals surface area contributed by atoms with Crippen molar-refractivity contribution in [3.63, 3.8) is 0 Å². The predicted octanol–water partition coefficient (Wildman–Crippen LogP) is 4.13. The third-order valence-electron chi connectivity index (χ3n) is 4.11. The van der Waals surface area contributed by atoms with E-state index in [0.29, 0.717) is 5.92 Å². The molecule has 1 fully saturated rings. The molecule has 3 unspecified atom stereocenters. The molecule has 0 bridgehead atoms. The third-order valence-corrected chi connectivity index (χ3v) is 4.11. The summed E-state index contributed by atoms with van der Waals surface area (Å²) in [5, 5.41) is 0. The van der Waals surface area contributed by atoms with Crippen molar-refractivity contribution >= 4 is 0 Å². The van der Waals surface area contributed by atoms with Crippen LogP contribution in [0.4, 0.5) is 0 Å². The summed E-state index contributed by atoms with van der Waals surface area (Å²) >= 11 is 0. The van der Waals surface area contributed by atoms with Crippen LogP contribution in [-0.4, -0.2) is 0 Å². The smallest absolute Gasteiger partial charge is 0.0323 e. The molecule has 0 radical (unpaired) electrons. The minimum atomic E-state index is 0.233. The van der Waals surface area contributed by atoms with Crippen LogP contribution in [0.1, 0.15) is 55.3 Å². The Morgan fingerprint density at radius 3 is 2.35 bits per heavy atom. The zero-order valence-electron chi connectivity index (χ0n) is 11.4. The molecule has 1 aromatic carbocycles. The summed E-state index contributed by atoms with van der Waals surface area (Å²) in [5.41, 5.74) is 10.5. The monoisotopic (exact) mass is 231 g/mol. The van der Waals surface area contributed by atoms with Gasteiger partial charge in [0, 0.05) is 6.04 Å². The predicted molar refractivity (Wildman–Crippen MR) is 74.0 cm³/mol. The lowest BCUT2D eigenvalue weighted by Gasteiger charge is -2.31. The Bertz CT molecular complexity index is 363. The number of hydrogen-bond donors (Lipinski definition) is 1. The Hall–Kier alpha value is -0.820. The highest BCUT2D eigenvalue weighted by Crippen LogP contribution is 2.36. The van der Waals surface area contributed by atoms with Gasteiger partial charge in [0.2, 0.25) is 0 Å². The van der Waals surface area contributed by atoms with Gasteiger partial charge in [-0.1, -0.05) is 49.1 Å². The van der Waals surface area contributed by atoms with Gasteiger partial charge in [-0.05, 0) is 44.1 Å². The molecule has 1 aliphatic carbocycles. The second kappa shape index (κ2) is 5.22. The average molecular weight is 231 g/mol. The van der Waals surface area contributed by atoms with Gasteiger partial charge in [-0.3, -0.25) is 0 Å². The molecule has 94 valence electrons. The molecule has 0 amide bonds. The summed E-state index contributed by atoms with van der Waals surface area (Å²) in [6, 6.07) is 6.98. The van der Waals surface area contributed by atoms with Crippen molar-refractivity contribution in [2.45, 2.75) is 52.5 Å². The van der Waals surface area contributed by atoms with E-state index in [1.54, 1.807) is 0 Å². The summed E-state index contributed by atoms with van der Waals surface area (Å²) < 4.78 is 0. The number of hydrogen-bond acceptors (Lipinski definition) is 1. The van der Waals surface area contributed by atoms with E-state index < -0.39 is 0 Å². The normalized spacial score (nSPS) is 26.8. The molecule has 0 aliphatic heterocycles. The van der Waals surface area contributed by atoms with Crippen LogP contribution < -0.4 is 5.73 Å². The fourth-order valence-electron chi connectivity index (χ4n) is 3.28. The lowest BCUT2D eigenvalue weighted by molar-refractivity contribution is 0.248. The molecule has 0 heterocycles. The van der Waals surface area contributed by atoms with Crippen LogP contribution in [0.5, 0.6) is 0 Å². The minimum Gasteiger partial charge on any atom is -0.324 e. The lowest BCUT2D eigenvalue weighted by atomic mass is 9.77. The van der Waals surface area contributed by atoms with Crippen LogP contribution in [0.15, 0.2) is 18.2 Å². The Balaban J connectivity index is 2.15. The van der Waals surface area contributed by atoms with Crippen LogP contribution in [0.3, 0.4) is 0 Å². The summed E-state index contributed by atoms with van der Waals surface area (Å²) in [6.45, 7) is 6.68. The Labute approximate surface area is 105 Å². The van der Waals surface area contributed by atoms with Crippen LogP contribution in [0.25, 0.3) is 0 Å². The van der Waals surface area contributed by atoms with Crippen molar-refractivity contribution in [3.05, 3.63) is 34.9 Å². The molecule has 3 atom stereocenters. The van der Waals surface area contributed by atoms with E-state index in [2.05, 4.69) is 39.0 Å². The Morgan fingerprint density at radius 1 is 1.12 bits per heavy atom. The third kappa shape index (κ3) is 3.10. The van der Waals surface area contributed by atoms with E-state index in [0.717, 1.165) is 5.92 Å². The molecule has 1 heteroatoms. The standard InChI is InChI=1S/C16H25N/c1-11-5-4-6-14(8-11)16(17)15-9-12(2)7-13(3)10-15/h7,9-11,14,16H,4-6,8,17H2,1-3H3. The zero-order valence-corrected chi connectivity index (χ0v) is 11.4. The molecule has 2 N–H and O–H groups in total. The molecule has 1 aromatic rings. The molecule has 0 spiro atoms. The highest BCUT2D eigenvalue weighted by molar-refractivity contribution is 5.30. The molecular weight excluding hydrogens is 206 g/mol. The first kappa shape index (κ1) is 12.6. The van der Waals surface area contributed by atoms with Crippen LogP contribution in [-0.2, 0) is 0 Å². The van der Waals surface area contributed by atoms with E-state index >= 15 is 0 Å². The quantitative estimate of drug-likeness (QED) is 0.813. The van der Waals surface area contributed by atoms with Crippen molar-refractivity contribution in [3.8, 4) is 0 Å². The Kier molecular flexibility index (Phi) is 3.88. The molecule has 17 heavy (non-hydrogen) atoms. The van der Waals surface area contributed by atoms with E-state index in [9.17, 15) is 0 Å². The SMILES string of the molecule is Cc1cc(C)cc(C(N)C2CCCC(C)C2)c1. The van der Waals surface area contributed by atoms with E-state index in [-0.39, 0.29) is 6.04 Å². The summed E-state index contributed by atoms with van der Waals surface area (Å²) in [4.78, 5) is 0. The highest BCUT2D eigenvalue weighted by atomic mass is 14.7. The first-order chi connectivity index (χ1) is 8.06. The van der Waals surface area contributed by atoms with Gasteiger partial charge in [-0.2, -0.15) is 0 Å². The first-order valence-corrected chi connectivity index (χ1v) is 6.90. The van der Waals surface area contributed by atoms with Crippen LogP contribution in [0.2, 0.25) is 0 Å². The van der Waals surface area contributed by atoms with Gasteiger partial charge in [-0.15, -0.1) is 0 Å². The van der Waals surface area contributed by atoms with Gasteiger partial charge < -0.3 is 5.73 Å². The largest absolute Gasteiger partial charge is 0.324 e. The van der Waals surface area contributed by atoms with E-state index in [1.165, 1.54) is 42.4 Å². The summed E-state index contributed by atoms with van der Waals surface area (Å²) in [7, 11) is 0. The van der Waals surface area contributed by atoms with Gasteiger partial charge >= 0.3 is 0 Å². The molecule has 0 saturated heterocycles. The second-order valence-electron chi connectivity index (χ2n) is 5.98. The van der Waals surface area contributed by atoms with E-state index in [1.807, 2.05) is 0 Å².